The van der Waals surface area contributed by atoms with E-state index in [-0.39, 0.29) is 11.3 Å². The Kier molecular flexibility index (Phi) is 3.86. The van der Waals surface area contributed by atoms with Crippen molar-refractivity contribution in [3.8, 4) is 0 Å². The fourth-order valence-electron chi connectivity index (χ4n) is 2.26. The molecule has 1 aromatic carbocycles. The van der Waals surface area contributed by atoms with Gasteiger partial charge < -0.3 is 4.74 Å². The normalized spacial score (nSPS) is 20.1. The lowest BCUT2D eigenvalue weighted by Gasteiger charge is -2.19. The molecule has 1 aromatic rings. The van der Waals surface area contributed by atoms with Crippen molar-refractivity contribution in [2.45, 2.75) is 39.0 Å². The summed E-state index contributed by atoms with van der Waals surface area (Å²) >= 11 is 0. The second-order valence-electron chi connectivity index (χ2n) is 6.15. The lowest BCUT2D eigenvalue weighted by atomic mass is 9.86. The third-order valence-corrected chi connectivity index (χ3v) is 3.58. The number of ketones is 1. The van der Waals surface area contributed by atoms with E-state index in [1.54, 1.807) is 0 Å². The number of Topliss-reactive ketones (excluding diaryl/α,β-unsaturated/α-hetero) is 1. The van der Waals surface area contributed by atoms with Crippen molar-refractivity contribution in [2.24, 2.45) is 5.92 Å². The number of hydrogen-bond acceptors (Lipinski definition) is 2. The van der Waals surface area contributed by atoms with E-state index in [1.807, 2.05) is 0 Å². The van der Waals surface area contributed by atoms with Crippen molar-refractivity contribution in [2.75, 3.05) is 13.2 Å². The summed E-state index contributed by atoms with van der Waals surface area (Å²) in [7, 11) is 0. The molecule has 1 saturated heterocycles. The van der Waals surface area contributed by atoms with Gasteiger partial charge in [0.05, 0.1) is 6.61 Å². The van der Waals surface area contributed by atoms with Gasteiger partial charge >= 0.3 is 0 Å². The maximum absolute atomic E-state index is 12.0. The molecule has 0 amide bonds. The number of benzene rings is 1. The summed E-state index contributed by atoms with van der Waals surface area (Å²) in [6, 6.07) is 8.42. The first kappa shape index (κ1) is 13.3. The Morgan fingerprint density at radius 1 is 1.28 bits per heavy atom. The molecule has 2 rings (SSSR count). The Hall–Kier alpha value is -1.15. The van der Waals surface area contributed by atoms with Gasteiger partial charge in [-0.15, -0.1) is 0 Å². The molecular formula is C16H22O2. The van der Waals surface area contributed by atoms with Crippen LogP contribution in [-0.4, -0.2) is 19.0 Å². The zero-order chi connectivity index (χ0) is 13.2. The van der Waals surface area contributed by atoms with Crippen molar-refractivity contribution in [3.63, 3.8) is 0 Å². The maximum atomic E-state index is 12.0. The summed E-state index contributed by atoms with van der Waals surface area (Å²) in [5.74, 6) is 0.434. The van der Waals surface area contributed by atoms with Crippen LogP contribution in [0.5, 0.6) is 0 Å². The van der Waals surface area contributed by atoms with E-state index in [2.05, 4.69) is 45.0 Å². The molecule has 0 saturated carbocycles. The first-order valence-electron chi connectivity index (χ1n) is 6.67. The van der Waals surface area contributed by atoms with Crippen LogP contribution in [0.3, 0.4) is 0 Å². The van der Waals surface area contributed by atoms with Gasteiger partial charge in [0, 0.05) is 18.9 Å². The second kappa shape index (κ2) is 5.23. The SMILES string of the molecule is CC(C)(C)c1ccc(CC(=O)C2CCOC2)cc1. The molecule has 18 heavy (non-hydrogen) atoms. The predicted octanol–water partition coefficient (Wildman–Crippen LogP) is 3.13. The monoisotopic (exact) mass is 246 g/mol. The molecule has 0 aliphatic carbocycles. The molecule has 1 aliphatic heterocycles. The molecule has 0 aromatic heterocycles. The van der Waals surface area contributed by atoms with Crippen molar-refractivity contribution in [1.82, 2.24) is 0 Å². The number of ether oxygens (including phenoxy) is 1. The highest BCUT2D eigenvalue weighted by atomic mass is 16.5. The van der Waals surface area contributed by atoms with Crippen LogP contribution in [0.1, 0.15) is 38.3 Å². The second-order valence-corrected chi connectivity index (χ2v) is 6.15. The van der Waals surface area contributed by atoms with Crippen LogP contribution in [0.2, 0.25) is 0 Å². The molecule has 1 heterocycles. The molecule has 0 bridgehead atoms. The van der Waals surface area contributed by atoms with E-state index in [1.165, 1.54) is 5.56 Å². The van der Waals surface area contributed by atoms with Gasteiger partial charge in [-0.1, -0.05) is 45.0 Å². The predicted molar refractivity (Wildman–Crippen MR) is 72.8 cm³/mol. The van der Waals surface area contributed by atoms with Crippen LogP contribution >= 0.6 is 0 Å². The molecule has 1 atom stereocenters. The highest BCUT2D eigenvalue weighted by Gasteiger charge is 2.23. The third kappa shape index (κ3) is 3.20. The topological polar surface area (TPSA) is 26.3 Å². The number of hydrogen-bond donors (Lipinski definition) is 0. The Morgan fingerprint density at radius 3 is 2.44 bits per heavy atom. The molecule has 2 nitrogen and oxygen atoms in total. The van der Waals surface area contributed by atoms with E-state index in [9.17, 15) is 4.79 Å². The fraction of sp³-hybridized carbons (Fsp3) is 0.562. The minimum absolute atomic E-state index is 0.118. The summed E-state index contributed by atoms with van der Waals surface area (Å²) in [6.07, 6.45) is 1.43. The first-order valence-corrected chi connectivity index (χ1v) is 6.67. The Labute approximate surface area is 109 Å². The standard InChI is InChI=1S/C16H22O2/c1-16(2,3)14-6-4-12(5-7-14)10-15(17)13-8-9-18-11-13/h4-7,13H,8-11H2,1-3H3. The minimum atomic E-state index is 0.118. The summed E-state index contributed by atoms with van der Waals surface area (Å²) in [5.41, 5.74) is 2.59. The van der Waals surface area contributed by atoms with Crippen LogP contribution in [0.25, 0.3) is 0 Å². The third-order valence-electron chi connectivity index (χ3n) is 3.58. The van der Waals surface area contributed by atoms with Crippen molar-refractivity contribution >= 4 is 5.78 Å². The van der Waals surface area contributed by atoms with E-state index >= 15 is 0 Å². The van der Waals surface area contributed by atoms with Crippen molar-refractivity contribution < 1.29 is 9.53 Å². The van der Waals surface area contributed by atoms with Gasteiger partial charge in [-0.05, 0) is 23.0 Å². The van der Waals surface area contributed by atoms with Crippen molar-refractivity contribution in [3.05, 3.63) is 35.4 Å². The van der Waals surface area contributed by atoms with Crippen LogP contribution in [-0.2, 0) is 21.4 Å². The van der Waals surface area contributed by atoms with E-state index in [0.717, 1.165) is 18.6 Å². The van der Waals surface area contributed by atoms with Gasteiger partial charge in [-0.2, -0.15) is 0 Å². The highest BCUT2D eigenvalue weighted by Crippen LogP contribution is 2.23. The van der Waals surface area contributed by atoms with Crippen LogP contribution in [0, 0.1) is 5.92 Å². The molecular weight excluding hydrogens is 224 g/mol. The molecule has 1 fully saturated rings. The molecule has 0 radical (unpaired) electrons. The van der Waals surface area contributed by atoms with E-state index in [4.69, 9.17) is 4.74 Å². The lowest BCUT2D eigenvalue weighted by molar-refractivity contribution is -0.122. The van der Waals surface area contributed by atoms with Gasteiger partial charge in [0.25, 0.3) is 0 Å². The molecule has 0 spiro atoms. The van der Waals surface area contributed by atoms with Crippen LogP contribution < -0.4 is 0 Å². The molecule has 2 heteroatoms. The maximum Gasteiger partial charge on any atom is 0.142 e. The fourth-order valence-corrected chi connectivity index (χ4v) is 2.26. The molecule has 1 unspecified atom stereocenters. The van der Waals surface area contributed by atoms with Gasteiger partial charge in [0.2, 0.25) is 0 Å². The van der Waals surface area contributed by atoms with Gasteiger partial charge in [0.1, 0.15) is 5.78 Å². The number of rotatable bonds is 3. The lowest BCUT2D eigenvalue weighted by Crippen LogP contribution is -2.17. The Morgan fingerprint density at radius 2 is 1.94 bits per heavy atom. The zero-order valence-electron chi connectivity index (χ0n) is 11.5. The summed E-state index contributed by atoms with van der Waals surface area (Å²) in [6.45, 7) is 7.94. The summed E-state index contributed by atoms with van der Waals surface area (Å²) in [4.78, 5) is 12.0. The van der Waals surface area contributed by atoms with Gasteiger partial charge in [0.15, 0.2) is 0 Å². The van der Waals surface area contributed by atoms with Crippen LogP contribution in [0.15, 0.2) is 24.3 Å². The smallest absolute Gasteiger partial charge is 0.142 e. The van der Waals surface area contributed by atoms with Crippen molar-refractivity contribution in [1.29, 1.82) is 0 Å². The Bertz CT molecular complexity index is 406. The average Bonchev–Trinajstić information content (AvgIpc) is 2.82. The highest BCUT2D eigenvalue weighted by molar-refractivity contribution is 5.83. The Balaban J connectivity index is 2.00. The van der Waals surface area contributed by atoms with E-state index in [0.29, 0.717) is 18.8 Å². The zero-order valence-corrected chi connectivity index (χ0v) is 11.5. The number of carbonyl (C=O) groups is 1. The largest absolute Gasteiger partial charge is 0.381 e. The molecule has 1 aliphatic rings. The summed E-state index contributed by atoms with van der Waals surface area (Å²) in [5, 5.41) is 0. The molecule has 0 N–H and O–H groups in total. The quantitative estimate of drug-likeness (QED) is 0.819. The van der Waals surface area contributed by atoms with E-state index < -0.39 is 0 Å². The summed E-state index contributed by atoms with van der Waals surface area (Å²) < 4.78 is 5.26. The molecule has 98 valence electrons. The first-order chi connectivity index (χ1) is 8.47. The minimum Gasteiger partial charge on any atom is -0.381 e. The van der Waals surface area contributed by atoms with Crippen LogP contribution in [0.4, 0.5) is 0 Å². The van der Waals surface area contributed by atoms with Gasteiger partial charge in [-0.25, -0.2) is 0 Å². The number of carbonyl (C=O) groups excluding carboxylic acids is 1. The average molecular weight is 246 g/mol. The van der Waals surface area contributed by atoms with Gasteiger partial charge in [-0.3, -0.25) is 4.79 Å².